The summed E-state index contributed by atoms with van der Waals surface area (Å²) in [6, 6.07) is 0. The van der Waals surface area contributed by atoms with Gasteiger partial charge in [0.25, 0.3) is 0 Å². The molecule has 0 aromatic heterocycles. The predicted molar refractivity (Wildman–Crippen MR) is 58.3 cm³/mol. The lowest BCUT2D eigenvalue weighted by Gasteiger charge is -2.19. The highest BCUT2D eigenvalue weighted by Gasteiger charge is 2.32. The van der Waals surface area contributed by atoms with Gasteiger partial charge in [-0.3, -0.25) is 4.57 Å². The van der Waals surface area contributed by atoms with Gasteiger partial charge in [-0.05, 0) is 13.8 Å². The maximum atomic E-state index is 11.9. The third kappa shape index (κ3) is 5.08. The normalized spacial score (nSPS) is 13.4. The van der Waals surface area contributed by atoms with Crippen LogP contribution in [-0.2, 0) is 23.6 Å². The van der Waals surface area contributed by atoms with E-state index in [2.05, 4.69) is 0 Å². The number of rotatable bonds is 7. The molecule has 0 N–H and O–H groups in total. The molecule has 0 atom stereocenters. The molecule has 6 nitrogen and oxygen atoms in total. The van der Waals surface area contributed by atoms with Crippen molar-refractivity contribution in [1.82, 2.24) is 4.31 Å². The Morgan fingerprint density at radius 1 is 1.13 bits per heavy atom. The highest BCUT2D eigenvalue weighted by molar-refractivity contribution is 7.95. The Labute approximate surface area is 91.1 Å². The molecule has 0 unspecified atom stereocenters. The van der Waals surface area contributed by atoms with Gasteiger partial charge in [-0.1, -0.05) is 0 Å². The van der Waals surface area contributed by atoms with Gasteiger partial charge in [0.2, 0.25) is 10.0 Å². The molecule has 0 aliphatic rings. The number of hydrogen-bond acceptors (Lipinski definition) is 5. The molecule has 0 rings (SSSR count). The van der Waals surface area contributed by atoms with Crippen molar-refractivity contribution in [2.24, 2.45) is 0 Å². The minimum Gasteiger partial charge on any atom is -0.308 e. The topological polar surface area (TPSA) is 72.9 Å². The van der Waals surface area contributed by atoms with E-state index in [1.54, 1.807) is 13.8 Å². The Morgan fingerprint density at radius 3 is 1.80 bits per heavy atom. The average molecular weight is 259 g/mol. The van der Waals surface area contributed by atoms with Gasteiger partial charge in [-0.2, -0.15) is 0 Å². The first-order chi connectivity index (χ1) is 6.77. The minimum atomic E-state index is -3.58. The van der Waals surface area contributed by atoms with Gasteiger partial charge in [0.05, 0.1) is 13.2 Å². The molecule has 0 aliphatic heterocycles. The molecule has 0 spiro atoms. The fourth-order valence-electron chi connectivity index (χ4n) is 0.820. The summed E-state index contributed by atoms with van der Waals surface area (Å²) < 4.78 is 45.6. The van der Waals surface area contributed by atoms with E-state index >= 15 is 0 Å². The Kier molecular flexibility index (Phi) is 5.98. The van der Waals surface area contributed by atoms with Crippen LogP contribution < -0.4 is 0 Å². The maximum absolute atomic E-state index is 11.9. The third-order valence-corrected chi connectivity index (χ3v) is 6.52. The number of hydrogen-bond donors (Lipinski definition) is 0. The summed E-state index contributed by atoms with van der Waals surface area (Å²) in [6.07, 6.45) is 0. The van der Waals surface area contributed by atoms with Crippen molar-refractivity contribution in [2.45, 2.75) is 13.8 Å². The van der Waals surface area contributed by atoms with Crippen LogP contribution in [0, 0.1) is 0 Å². The predicted octanol–water partition coefficient (Wildman–Crippen LogP) is 1.10. The second kappa shape index (κ2) is 5.96. The first-order valence-corrected chi connectivity index (χ1v) is 7.89. The van der Waals surface area contributed by atoms with Crippen LogP contribution in [-0.4, -0.2) is 45.5 Å². The van der Waals surface area contributed by atoms with E-state index in [1.165, 1.54) is 14.1 Å². The Bertz CT molecular complexity index is 316. The second-order valence-corrected chi connectivity index (χ2v) is 7.63. The Morgan fingerprint density at radius 2 is 1.53 bits per heavy atom. The van der Waals surface area contributed by atoms with Gasteiger partial charge in [-0.15, -0.1) is 0 Å². The minimum absolute atomic E-state index is 0.153. The maximum Gasteiger partial charge on any atom is 0.347 e. The highest BCUT2D eigenvalue weighted by atomic mass is 32.2. The fraction of sp³-hybridized carbons (Fsp3) is 1.00. The zero-order chi connectivity index (χ0) is 12.1. The van der Waals surface area contributed by atoms with Crippen molar-refractivity contribution in [2.75, 3.05) is 32.8 Å². The Hall–Kier alpha value is 0.0600. The zero-order valence-corrected chi connectivity index (χ0v) is 11.2. The van der Waals surface area contributed by atoms with Crippen molar-refractivity contribution in [1.29, 1.82) is 0 Å². The van der Waals surface area contributed by atoms with Crippen LogP contribution in [0.5, 0.6) is 0 Å². The molecule has 0 aromatic rings. The standard InChI is InChI=1S/C7H18NO5PS/c1-5-12-14(9,13-6-2)7-15(10,11)8(3)4/h5-7H2,1-4H3. The molecule has 8 heteroatoms. The molecule has 92 valence electrons. The first kappa shape index (κ1) is 15.1. The molecule has 15 heavy (non-hydrogen) atoms. The fourth-order valence-corrected chi connectivity index (χ4v) is 4.80. The third-order valence-electron chi connectivity index (χ3n) is 1.53. The lowest BCUT2D eigenvalue weighted by Crippen LogP contribution is -2.26. The largest absolute Gasteiger partial charge is 0.347 e. The SMILES string of the molecule is CCOP(=O)(CS(=O)(=O)N(C)C)OCC. The van der Waals surface area contributed by atoms with Gasteiger partial charge < -0.3 is 9.05 Å². The molecule has 0 saturated heterocycles. The summed E-state index contributed by atoms with van der Waals surface area (Å²) in [7, 11) is -4.36. The van der Waals surface area contributed by atoms with E-state index in [4.69, 9.17) is 9.05 Å². The van der Waals surface area contributed by atoms with E-state index in [0.717, 1.165) is 4.31 Å². The van der Waals surface area contributed by atoms with Crippen LogP contribution in [0.4, 0.5) is 0 Å². The van der Waals surface area contributed by atoms with Crippen LogP contribution in [0.2, 0.25) is 0 Å². The van der Waals surface area contributed by atoms with Gasteiger partial charge >= 0.3 is 7.60 Å². The summed E-state index contributed by atoms with van der Waals surface area (Å²) in [5.74, 6) is 0. The summed E-state index contributed by atoms with van der Waals surface area (Å²) in [5.41, 5.74) is -0.616. The van der Waals surface area contributed by atoms with Crippen LogP contribution in [0.15, 0.2) is 0 Å². The second-order valence-electron chi connectivity index (χ2n) is 2.97. The highest BCUT2D eigenvalue weighted by Crippen LogP contribution is 2.49. The quantitative estimate of drug-likeness (QED) is 0.640. The van der Waals surface area contributed by atoms with Gasteiger partial charge in [-0.25, -0.2) is 12.7 Å². The van der Waals surface area contributed by atoms with Crippen LogP contribution in [0.1, 0.15) is 13.8 Å². The average Bonchev–Trinajstić information content (AvgIpc) is 2.02. The Balaban J connectivity index is 4.77. The molecular weight excluding hydrogens is 241 g/mol. The van der Waals surface area contributed by atoms with Crippen molar-refractivity contribution in [3.05, 3.63) is 0 Å². The lowest BCUT2D eigenvalue weighted by molar-refractivity contribution is 0.223. The molecule has 0 radical (unpaired) electrons. The summed E-state index contributed by atoms with van der Waals surface area (Å²) >= 11 is 0. The van der Waals surface area contributed by atoms with Gasteiger partial charge in [0.15, 0.2) is 5.49 Å². The molecule has 0 fully saturated rings. The smallest absolute Gasteiger partial charge is 0.308 e. The summed E-state index contributed by atoms with van der Waals surface area (Å²) in [6.45, 7) is 3.57. The first-order valence-electron chi connectivity index (χ1n) is 4.55. The van der Waals surface area contributed by atoms with Crippen molar-refractivity contribution < 1.29 is 22.0 Å². The van der Waals surface area contributed by atoms with E-state index in [1.807, 2.05) is 0 Å². The lowest BCUT2D eigenvalue weighted by atomic mass is 10.9. The monoisotopic (exact) mass is 259 g/mol. The number of sulfonamides is 1. The molecular formula is C7H18NO5PS. The molecule has 0 aliphatic carbocycles. The molecule has 0 saturated carbocycles. The van der Waals surface area contributed by atoms with E-state index in [9.17, 15) is 13.0 Å². The van der Waals surface area contributed by atoms with Crippen LogP contribution in [0.3, 0.4) is 0 Å². The van der Waals surface area contributed by atoms with Gasteiger partial charge in [0.1, 0.15) is 0 Å². The van der Waals surface area contributed by atoms with Crippen LogP contribution >= 0.6 is 7.60 Å². The number of nitrogens with zero attached hydrogens (tertiary/aromatic N) is 1. The summed E-state index contributed by atoms with van der Waals surface area (Å²) in [4.78, 5) is 0. The van der Waals surface area contributed by atoms with Crippen LogP contribution in [0.25, 0.3) is 0 Å². The van der Waals surface area contributed by atoms with Crippen molar-refractivity contribution >= 4 is 17.6 Å². The molecule has 0 heterocycles. The van der Waals surface area contributed by atoms with Gasteiger partial charge in [0, 0.05) is 14.1 Å². The van der Waals surface area contributed by atoms with Crippen molar-refractivity contribution in [3.63, 3.8) is 0 Å². The van der Waals surface area contributed by atoms with E-state index in [-0.39, 0.29) is 13.2 Å². The van der Waals surface area contributed by atoms with E-state index in [0.29, 0.717) is 0 Å². The van der Waals surface area contributed by atoms with E-state index < -0.39 is 23.1 Å². The summed E-state index contributed by atoms with van der Waals surface area (Å²) in [5, 5.41) is 0. The van der Waals surface area contributed by atoms with Crippen molar-refractivity contribution in [3.8, 4) is 0 Å². The zero-order valence-electron chi connectivity index (χ0n) is 9.47. The molecule has 0 amide bonds. The molecule has 0 aromatic carbocycles. The molecule has 0 bridgehead atoms.